The number of aryl methyl sites for hydroxylation is 2. The van der Waals surface area contributed by atoms with Crippen LogP contribution in [0, 0.1) is 11.8 Å². The van der Waals surface area contributed by atoms with E-state index in [-0.39, 0.29) is 0 Å². The lowest BCUT2D eigenvalue weighted by Gasteiger charge is -2.00. The average molecular weight is 222 g/mol. The van der Waals surface area contributed by atoms with Crippen molar-refractivity contribution in [2.24, 2.45) is 11.8 Å². The summed E-state index contributed by atoms with van der Waals surface area (Å²) in [5.41, 5.74) is 1.39. The van der Waals surface area contributed by atoms with E-state index in [2.05, 4.69) is 17.2 Å². The summed E-state index contributed by atoms with van der Waals surface area (Å²) in [5.74, 6) is 1.90. The molecule has 1 saturated carbocycles. The lowest BCUT2D eigenvalue weighted by Crippen LogP contribution is -2.16. The summed E-state index contributed by atoms with van der Waals surface area (Å²) in [6.07, 6.45) is 5.22. The normalized spacial score (nSPS) is 28.1. The summed E-state index contributed by atoms with van der Waals surface area (Å²) >= 11 is 1.92. The van der Waals surface area contributed by atoms with Gasteiger partial charge in [0.05, 0.1) is 5.69 Å². The first kappa shape index (κ1) is 9.79. The number of fused-ring (bicyclic) bond motifs is 1. The number of thiazole rings is 1. The summed E-state index contributed by atoms with van der Waals surface area (Å²) in [5, 5.41) is 4.83. The Balaban J connectivity index is 1.49. The molecule has 1 N–H and O–H groups in total. The first-order valence-corrected chi connectivity index (χ1v) is 6.83. The minimum absolute atomic E-state index is 0.941. The van der Waals surface area contributed by atoms with Crippen molar-refractivity contribution >= 4 is 11.3 Å². The van der Waals surface area contributed by atoms with Gasteiger partial charge in [-0.25, -0.2) is 4.98 Å². The van der Waals surface area contributed by atoms with E-state index in [4.69, 9.17) is 0 Å². The molecule has 0 saturated heterocycles. The Morgan fingerprint density at radius 1 is 1.47 bits per heavy atom. The van der Waals surface area contributed by atoms with Crippen LogP contribution in [0.1, 0.15) is 35.3 Å². The zero-order valence-electron chi connectivity index (χ0n) is 9.25. The molecule has 1 aromatic rings. The predicted molar refractivity (Wildman–Crippen MR) is 63.1 cm³/mol. The van der Waals surface area contributed by atoms with E-state index in [9.17, 15) is 0 Å². The van der Waals surface area contributed by atoms with Crippen LogP contribution in [0.15, 0.2) is 0 Å². The quantitative estimate of drug-likeness (QED) is 0.846. The number of aromatic nitrogens is 1. The summed E-state index contributed by atoms with van der Waals surface area (Å²) in [7, 11) is 0. The van der Waals surface area contributed by atoms with E-state index >= 15 is 0 Å². The third-order valence-corrected chi connectivity index (χ3v) is 4.76. The zero-order valence-corrected chi connectivity index (χ0v) is 10.1. The molecule has 0 bridgehead atoms. The third kappa shape index (κ3) is 2.08. The lowest BCUT2D eigenvalue weighted by molar-refractivity contribution is 0.609. The Hall–Kier alpha value is -0.410. The second-order valence-electron chi connectivity index (χ2n) is 4.93. The molecule has 15 heavy (non-hydrogen) atoms. The first-order chi connectivity index (χ1) is 7.33. The Morgan fingerprint density at radius 2 is 2.33 bits per heavy atom. The van der Waals surface area contributed by atoms with Gasteiger partial charge >= 0.3 is 0 Å². The highest BCUT2D eigenvalue weighted by atomic mass is 32.1. The van der Waals surface area contributed by atoms with Gasteiger partial charge in [-0.2, -0.15) is 0 Å². The van der Waals surface area contributed by atoms with E-state index in [0.717, 1.165) is 18.4 Å². The van der Waals surface area contributed by atoms with Gasteiger partial charge < -0.3 is 5.32 Å². The van der Waals surface area contributed by atoms with Gasteiger partial charge in [0, 0.05) is 11.4 Å². The molecule has 2 atom stereocenters. The van der Waals surface area contributed by atoms with Crippen molar-refractivity contribution in [3.8, 4) is 0 Å². The summed E-state index contributed by atoms with van der Waals surface area (Å²) < 4.78 is 0. The topological polar surface area (TPSA) is 24.9 Å². The van der Waals surface area contributed by atoms with Crippen LogP contribution < -0.4 is 5.32 Å². The van der Waals surface area contributed by atoms with Gasteiger partial charge in [-0.3, -0.25) is 0 Å². The molecule has 82 valence electrons. The van der Waals surface area contributed by atoms with E-state index < -0.39 is 0 Å². The smallest absolute Gasteiger partial charge is 0.107 e. The van der Waals surface area contributed by atoms with Crippen LogP contribution in [-0.2, 0) is 19.4 Å². The monoisotopic (exact) mass is 222 g/mol. The molecule has 3 rings (SSSR count). The van der Waals surface area contributed by atoms with E-state index in [1.807, 2.05) is 11.3 Å². The largest absolute Gasteiger partial charge is 0.310 e. The van der Waals surface area contributed by atoms with Crippen molar-refractivity contribution < 1.29 is 0 Å². The molecule has 2 unspecified atom stereocenters. The van der Waals surface area contributed by atoms with Gasteiger partial charge in [-0.05, 0) is 44.1 Å². The third-order valence-electron chi connectivity index (χ3n) is 3.60. The molecule has 1 aromatic heterocycles. The molecule has 0 aliphatic heterocycles. The van der Waals surface area contributed by atoms with Gasteiger partial charge in [-0.15, -0.1) is 11.3 Å². The fourth-order valence-electron chi connectivity index (χ4n) is 2.37. The van der Waals surface area contributed by atoms with Crippen molar-refractivity contribution in [2.45, 2.75) is 39.2 Å². The van der Waals surface area contributed by atoms with Gasteiger partial charge in [0.1, 0.15) is 5.01 Å². The van der Waals surface area contributed by atoms with Crippen LogP contribution >= 0.6 is 11.3 Å². The van der Waals surface area contributed by atoms with Crippen LogP contribution in [0.2, 0.25) is 0 Å². The maximum atomic E-state index is 4.68. The van der Waals surface area contributed by atoms with Crippen LogP contribution in [0.25, 0.3) is 0 Å². The number of rotatable bonds is 4. The van der Waals surface area contributed by atoms with Crippen molar-refractivity contribution in [1.82, 2.24) is 10.3 Å². The molecule has 0 spiro atoms. The number of nitrogens with zero attached hydrogens (tertiary/aromatic N) is 1. The summed E-state index contributed by atoms with van der Waals surface area (Å²) in [6, 6.07) is 0. The van der Waals surface area contributed by atoms with Gasteiger partial charge in [0.2, 0.25) is 0 Å². The van der Waals surface area contributed by atoms with Crippen molar-refractivity contribution in [3.63, 3.8) is 0 Å². The van der Waals surface area contributed by atoms with Crippen LogP contribution in [-0.4, -0.2) is 11.5 Å². The minimum atomic E-state index is 0.941. The SMILES string of the molecule is CC1CC1CNCc1nc2c(s1)CCC2. The Bertz CT molecular complexity index is 337. The Labute approximate surface area is 95.1 Å². The maximum Gasteiger partial charge on any atom is 0.107 e. The number of hydrogen-bond acceptors (Lipinski definition) is 3. The second-order valence-corrected chi connectivity index (χ2v) is 6.10. The number of nitrogens with one attached hydrogen (secondary N) is 1. The molecule has 1 heterocycles. The first-order valence-electron chi connectivity index (χ1n) is 6.01. The fraction of sp³-hybridized carbons (Fsp3) is 0.750. The van der Waals surface area contributed by atoms with Crippen molar-refractivity contribution in [3.05, 3.63) is 15.6 Å². The van der Waals surface area contributed by atoms with E-state index in [0.29, 0.717) is 0 Å². The van der Waals surface area contributed by atoms with Crippen molar-refractivity contribution in [1.29, 1.82) is 0 Å². The number of hydrogen-bond donors (Lipinski definition) is 1. The molecule has 2 aliphatic carbocycles. The highest BCUT2D eigenvalue weighted by Crippen LogP contribution is 2.36. The van der Waals surface area contributed by atoms with Crippen LogP contribution in [0.5, 0.6) is 0 Å². The summed E-state index contributed by atoms with van der Waals surface area (Å²) in [4.78, 5) is 6.23. The maximum absolute atomic E-state index is 4.68. The molecule has 0 amide bonds. The molecular formula is C12H18N2S. The highest BCUT2D eigenvalue weighted by molar-refractivity contribution is 7.11. The molecule has 0 radical (unpaired) electrons. The average Bonchev–Trinajstić information content (AvgIpc) is 2.63. The minimum Gasteiger partial charge on any atom is -0.310 e. The van der Waals surface area contributed by atoms with Gasteiger partial charge in [0.25, 0.3) is 0 Å². The second kappa shape index (κ2) is 3.87. The van der Waals surface area contributed by atoms with Crippen LogP contribution in [0.4, 0.5) is 0 Å². The molecule has 2 aliphatic rings. The van der Waals surface area contributed by atoms with Gasteiger partial charge in [0.15, 0.2) is 0 Å². The van der Waals surface area contributed by atoms with Crippen LogP contribution in [0.3, 0.4) is 0 Å². The van der Waals surface area contributed by atoms with Crippen molar-refractivity contribution in [2.75, 3.05) is 6.54 Å². The van der Waals surface area contributed by atoms with Gasteiger partial charge in [-0.1, -0.05) is 6.92 Å². The van der Waals surface area contributed by atoms with E-state index in [1.165, 1.54) is 42.9 Å². The Kier molecular flexibility index (Phi) is 2.53. The Morgan fingerprint density at radius 3 is 3.07 bits per heavy atom. The highest BCUT2D eigenvalue weighted by Gasteiger charge is 2.31. The zero-order chi connectivity index (χ0) is 10.3. The summed E-state index contributed by atoms with van der Waals surface area (Å²) in [6.45, 7) is 4.51. The predicted octanol–water partition coefficient (Wildman–Crippen LogP) is 2.38. The molecular weight excluding hydrogens is 204 g/mol. The van der Waals surface area contributed by atoms with E-state index in [1.54, 1.807) is 4.88 Å². The lowest BCUT2D eigenvalue weighted by atomic mass is 10.3. The molecule has 2 nitrogen and oxygen atoms in total. The molecule has 0 aromatic carbocycles. The fourth-order valence-corrected chi connectivity index (χ4v) is 3.49. The molecule has 1 fully saturated rings. The standard InChI is InChI=1S/C12H18N2S/c1-8-5-9(8)6-13-7-12-14-10-3-2-4-11(10)15-12/h8-9,13H,2-7H2,1H3. The molecule has 3 heteroatoms.